The van der Waals surface area contributed by atoms with Crippen LogP contribution in [0.5, 0.6) is 0 Å². The molecule has 1 aliphatic heterocycles. The molecule has 22 heavy (non-hydrogen) atoms. The van der Waals surface area contributed by atoms with Crippen molar-refractivity contribution in [1.29, 1.82) is 5.26 Å². The van der Waals surface area contributed by atoms with Crippen LogP contribution in [0.4, 0.5) is 19.0 Å². The van der Waals surface area contributed by atoms with Crippen molar-refractivity contribution in [1.82, 2.24) is 14.9 Å². The lowest BCUT2D eigenvalue weighted by atomic mass is 9.93. The molecule has 1 saturated heterocycles. The molecule has 0 aromatic carbocycles. The Kier molecular flexibility index (Phi) is 5.55. The first-order valence-electron chi connectivity index (χ1n) is 7.21. The Bertz CT molecular complexity index is 501. The summed E-state index contributed by atoms with van der Waals surface area (Å²) in [4.78, 5) is 9.43. The molecule has 0 saturated carbocycles. The smallest absolute Gasteiger partial charge is 0.369 e. The van der Waals surface area contributed by atoms with E-state index >= 15 is 0 Å². The SMILES string of the molecule is N#Cc1cnc(NCCC2CCN(CC(F)(F)F)CC2)cn1. The number of hydrogen-bond acceptors (Lipinski definition) is 5. The molecule has 2 rings (SSSR count). The fraction of sp³-hybridized carbons (Fsp3) is 0.643. The zero-order valence-corrected chi connectivity index (χ0v) is 12.1. The molecule has 1 fully saturated rings. The summed E-state index contributed by atoms with van der Waals surface area (Å²) in [7, 11) is 0. The topological polar surface area (TPSA) is 64.8 Å². The van der Waals surface area contributed by atoms with Gasteiger partial charge in [-0.25, -0.2) is 9.97 Å². The van der Waals surface area contributed by atoms with Gasteiger partial charge in [0.05, 0.1) is 18.9 Å². The lowest BCUT2D eigenvalue weighted by Gasteiger charge is -2.32. The van der Waals surface area contributed by atoms with Crippen LogP contribution in [0.1, 0.15) is 25.0 Å². The third kappa shape index (κ3) is 5.48. The van der Waals surface area contributed by atoms with Crippen molar-refractivity contribution in [2.24, 2.45) is 5.92 Å². The lowest BCUT2D eigenvalue weighted by molar-refractivity contribution is -0.148. The van der Waals surface area contributed by atoms with Crippen molar-refractivity contribution in [3.8, 4) is 6.07 Å². The molecule has 0 bridgehead atoms. The van der Waals surface area contributed by atoms with E-state index in [2.05, 4.69) is 15.3 Å². The van der Waals surface area contributed by atoms with Gasteiger partial charge in [0.1, 0.15) is 11.9 Å². The van der Waals surface area contributed by atoms with E-state index < -0.39 is 12.7 Å². The maximum Gasteiger partial charge on any atom is 0.401 e. The number of hydrogen-bond donors (Lipinski definition) is 1. The zero-order valence-electron chi connectivity index (χ0n) is 12.1. The molecule has 1 aromatic heterocycles. The normalized spacial score (nSPS) is 17.2. The van der Waals surface area contributed by atoms with Gasteiger partial charge in [-0.1, -0.05) is 0 Å². The van der Waals surface area contributed by atoms with E-state index in [0.29, 0.717) is 31.4 Å². The summed E-state index contributed by atoms with van der Waals surface area (Å²) in [6, 6.07) is 1.90. The van der Waals surface area contributed by atoms with Gasteiger partial charge in [0.2, 0.25) is 0 Å². The Morgan fingerprint density at radius 2 is 2.00 bits per heavy atom. The molecule has 0 amide bonds. The molecule has 2 heterocycles. The number of rotatable bonds is 5. The molecule has 1 aliphatic rings. The van der Waals surface area contributed by atoms with E-state index in [1.807, 2.05) is 6.07 Å². The van der Waals surface area contributed by atoms with E-state index in [9.17, 15) is 13.2 Å². The Balaban J connectivity index is 1.65. The summed E-state index contributed by atoms with van der Waals surface area (Å²) in [5, 5.41) is 11.7. The fourth-order valence-corrected chi connectivity index (χ4v) is 2.57. The first kappa shape index (κ1) is 16.5. The van der Waals surface area contributed by atoms with Crippen LogP contribution in [0.3, 0.4) is 0 Å². The van der Waals surface area contributed by atoms with Gasteiger partial charge >= 0.3 is 6.18 Å². The first-order valence-corrected chi connectivity index (χ1v) is 7.21. The highest BCUT2D eigenvalue weighted by Gasteiger charge is 2.32. The van der Waals surface area contributed by atoms with Crippen LogP contribution in [0.15, 0.2) is 12.4 Å². The summed E-state index contributed by atoms with van der Waals surface area (Å²) in [6.45, 7) is 0.894. The second kappa shape index (κ2) is 7.40. The summed E-state index contributed by atoms with van der Waals surface area (Å²) in [6.07, 6.45) is 1.26. The minimum atomic E-state index is -4.11. The largest absolute Gasteiger partial charge is 0.401 e. The number of aromatic nitrogens is 2. The quantitative estimate of drug-likeness (QED) is 0.904. The number of likely N-dealkylation sites (tertiary alicyclic amines) is 1. The fourth-order valence-electron chi connectivity index (χ4n) is 2.57. The monoisotopic (exact) mass is 313 g/mol. The van der Waals surface area contributed by atoms with E-state index in [4.69, 9.17) is 5.26 Å². The van der Waals surface area contributed by atoms with Crippen LogP contribution in [-0.4, -0.2) is 47.2 Å². The Labute approximate surface area is 127 Å². The standard InChI is InChI=1S/C14H18F3N5/c15-14(16,17)10-22-5-2-11(3-6-22)1-4-19-13-9-20-12(7-18)8-21-13/h8-9,11H,1-6,10H2,(H,19,21). The molecule has 0 radical (unpaired) electrons. The van der Waals surface area contributed by atoms with Crippen LogP contribution in [0.25, 0.3) is 0 Å². The van der Waals surface area contributed by atoms with Crippen molar-refractivity contribution >= 4 is 5.82 Å². The molecule has 0 atom stereocenters. The van der Waals surface area contributed by atoms with Crippen LogP contribution in [-0.2, 0) is 0 Å². The summed E-state index contributed by atoms with van der Waals surface area (Å²) in [5.41, 5.74) is 0.266. The highest BCUT2D eigenvalue weighted by atomic mass is 19.4. The number of nitrogens with one attached hydrogen (secondary N) is 1. The molecule has 0 unspecified atom stereocenters. The Hall–Kier alpha value is -1.88. The van der Waals surface area contributed by atoms with Gasteiger partial charge in [-0.2, -0.15) is 18.4 Å². The molecule has 120 valence electrons. The molecule has 5 nitrogen and oxygen atoms in total. The van der Waals surface area contributed by atoms with E-state index in [-0.39, 0.29) is 5.69 Å². The summed E-state index contributed by atoms with van der Waals surface area (Å²) >= 11 is 0. The molecule has 0 aliphatic carbocycles. The second-order valence-electron chi connectivity index (χ2n) is 5.45. The minimum absolute atomic E-state index is 0.266. The first-order chi connectivity index (χ1) is 10.5. The van der Waals surface area contributed by atoms with E-state index in [0.717, 1.165) is 19.3 Å². The van der Waals surface area contributed by atoms with Crippen LogP contribution in [0, 0.1) is 17.2 Å². The van der Waals surface area contributed by atoms with Gasteiger partial charge < -0.3 is 5.32 Å². The van der Waals surface area contributed by atoms with Gasteiger partial charge in [-0.3, -0.25) is 4.90 Å². The predicted octanol–water partition coefficient (Wildman–Crippen LogP) is 2.42. The molecular weight excluding hydrogens is 295 g/mol. The summed E-state index contributed by atoms with van der Waals surface area (Å²) < 4.78 is 36.9. The Morgan fingerprint density at radius 1 is 1.27 bits per heavy atom. The zero-order chi connectivity index (χ0) is 16.0. The van der Waals surface area contributed by atoms with Crippen molar-refractivity contribution in [3.05, 3.63) is 18.1 Å². The third-order valence-corrected chi connectivity index (χ3v) is 3.74. The average molecular weight is 313 g/mol. The number of nitrogens with zero attached hydrogens (tertiary/aromatic N) is 4. The van der Waals surface area contributed by atoms with Gasteiger partial charge in [0.15, 0.2) is 5.69 Å². The summed E-state index contributed by atoms with van der Waals surface area (Å²) in [5.74, 6) is 1.04. The maximum atomic E-state index is 12.3. The molecule has 0 spiro atoms. The van der Waals surface area contributed by atoms with Crippen molar-refractivity contribution in [2.75, 3.05) is 31.5 Å². The number of nitriles is 1. The third-order valence-electron chi connectivity index (χ3n) is 3.74. The van der Waals surface area contributed by atoms with Crippen LogP contribution < -0.4 is 5.32 Å². The highest BCUT2D eigenvalue weighted by molar-refractivity contribution is 5.32. The van der Waals surface area contributed by atoms with Crippen LogP contribution >= 0.6 is 0 Å². The average Bonchev–Trinajstić information content (AvgIpc) is 2.48. The molecule has 1 N–H and O–H groups in total. The predicted molar refractivity (Wildman–Crippen MR) is 75.1 cm³/mol. The highest BCUT2D eigenvalue weighted by Crippen LogP contribution is 2.24. The minimum Gasteiger partial charge on any atom is -0.369 e. The number of alkyl halides is 3. The Morgan fingerprint density at radius 3 is 2.55 bits per heavy atom. The maximum absolute atomic E-state index is 12.3. The van der Waals surface area contributed by atoms with Gasteiger partial charge in [0.25, 0.3) is 0 Å². The number of halogens is 3. The lowest BCUT2D eigenvalue weighted by Crippen LogP contribution is -2.40. The van der Waals surface area contributed by atoms with Crippen LogP contribution in [0.2, 0.25) is 0 Å². The van der Waals surface area contributed by atoms with Gasteiger partial charge in [-0.15, -0.1) is 0 Å². The van der Waals surface area contributed by atoms with E-state index in [1.54, 1.807) is 0 Å². The van der Waals surface area contributed by atoms with E-state index in [1.165, 1.54) is 17.3 Å². The van der Waals surface area contributed by atoms with Crippen molar-refractivity contribution in [2.45, 2.75) is 25.4 Å². The number of anilines is 1. The van der Waals surface area contributed by atoms with Gasteiger partial charge in [0, 0.05) is 6.54 Å². The number of piperidine rings is 1. The molecule has 8 heteroatoms. The second-order valence-corrected chi connectivity index (χ2v) is 5.45. The molecule has 1 aromatic rings. The van der Waals surface area contributed by atoms with Gasteiger partial charge in [-0.05, 0) is 38.3 Å². The molecular formula is C14H18F3N5. The van der Waals surface area contributed by atoms with Crippen molar-refractivity contribution in [3.63, 3.8) is 0 Å². The van der Waals surface area contributed by atoms with Crippen molar-refractivity contribution < 1.29 is 13.2 Å².